The third-order valence-corrected chi connectivity index (χ3v) is 1.44. The molecule has 0 radical (unpaired) electrons. The minimum absolute atomic E-state index is 0.683. The molecule has 0 aliphatic heterocycles. The van der Waals surface area contributed by atoms with Crippen LogP contribution >= 0.6 is 0 Å². The number of rotatable bonds is 0. The lowest BCUT2D eigenvalue weighted by Gasteiger charge is -1.82. The fraction of sp³-hybridized carbons (Fsp3) is 0. The molecule has 0 unspecified atom stereocenters. The fourth-order valence-electron chi connectivity index (χ4n) is 0.995. The Kier molecular flexibility index (Phi) is 0.917. The molecular formula is C7H7N3. The topological polar surface area (TPSA) is 54.7 Å². The Labute approximate surface area is 57.9 Å². The third kappa shape index (κ3) is 0.639. The van der Waals surface area contributed by atoms with Crippen molar-refractivity contribution in [2.75, 3.05) is 5.73 Å². The minimum atomic E-state index is 0.683. The molecule has 0 aromatic carbocycles. The summed E-state index contributed by atoms with van der Waals surface area (Å²) in [6, 6.07) is 3.80. The average Bonchev–Trinajstić information content (AvgIpc) is 2.27. The largest absolute Gasteiger partial charge is 0.385 e. The Morgan fingerprint density at radius 1 is 1.50 bits per heavy atom. The Balaban J connectivity index is 2.88. The highest BCUT2D eigenvalue weighted by molar-refractivity contribution is 5.82. The standard InChI is InChI=1S/C7H7N3/c8-7-3-5-1-2-9-4-6(5)10-7/h1-4,10H,8H2. The number of nitrogen functional groups attached to an aromatic ring is 1. The van der Waals surface area contributed by atoms with E-state index in [0.717, 1.165) is 10.9 Å². The molecule has 0 aliphatic carbocycles. The van der Waals surface area contributed by atoms with Crippen molar-refractivity contribution in [2.24, 2.45) is 0 Å². The van der Waals surface area contributed by atoms with Gasteiger partial charge in [-0.1, -0.05) is 0 Å². The molecule has 0 aliphatic rings. The van der Waals surface area contributed by atoms with Gasteiger partial charge in [0.15, 0.2) is 0 Å². The molecule has 0 bridgehead atoms. The highest BCUT2D eigenvalue weighted by Gasteiger charge is 1.93. The van der Waals surface area contributed by atoms with Gasteiger partial charge in [-0.3, -0.25) is 4.98 Å². The van der Waals surface area contributed by atoms with E-state index >= 15 is 0 Å². The van der Waals surface area contributed by atoms with Gasteiger partial charge in [-0.25, -0.2) is 0 Å². The zero-order valence-corrected chi connectivity index (χ0v) is 5.33. The number of aromatic amines is 1. The lowest BCUT2D eigenvalue weighted by atomic mass is 10.3. The van der Waals surface area contributed by atoms with Crippen LogP contribution in [0.2, 0.25) is 0 Å². The van der Waals surface area contributed by atoms with E-state index in [9.17, 15) is 0 Å². The molecule has 0 saturated heterocycles. The van der Waals surface area contributed by atoms with Crippen LogP contribution in [0, 0.1) is 0 Å². The Morgan fingerprint density at radius 2 is 2.40 bits per heavy atom. The van der Waals surface area contributed by atoms with Crippen LogP contribution in [0.25, 0.3) is 10.9 Å². The molecular weight excluding hydrogens is 126 g/mol. The number of hydrogen-bond donors (Lipinski definition) is 2. The first kappa shape index (κ1) is 5.29. The summed E-state index contributed by atoms with van der Waals surface area (Å²) >= 11 is 0. The van der Waals surface area contributed by atoms with Crippen LogP contribution in [0.1, 0.15) is 0 Å². The number of nitrogens with zero attached hydrogens (tertiary/aromatic N) is 1. The number of nitrogens with two attached hydrogens (primary N) is 1. The summed E-state index contributed by atoms with van der Waals surface area (Å²) < 4.78 is 0. The molecule has 2 heterocycles. The van der Waals surface area contributed by atoms with E-state index in [2.05, 4.69) is 9.97 Å². The number of fused-ring (bicyclic) bond motifs is 1. The number of H-pyrrole nitrogens is 1. The van der Waals surface area contributed by atoms with Crippen LogP contribution in [0.15, 0.2) is 24.5 Å². The van der Waals surface area contributed by atoms with E-state index in [1.165, 1.54) is 0 Å². The third-order valence-electron chi connectivity index (χ3n) is 1.44. The van der Waals surface area contributed by atoms with Crippen molar-refractivity contribution >= 4 is 16.7 Å². The van der Waals surface area contributed by atoms with E-state index in [-0.39, 0.29) is 0 Å². The first-order valence-electron chi connectivity index (χ1n) is 3.04. The van der Waals surface area contributed by atoms with Gasteiger partial charge in [0.2, 0.25) is 0 Å². The van der Waals surface area contributed by atoms with Crippen molar-refractivity contribution in [1.82, 2.24) is 9.97 Å². The first-order chi connectivity index (χ1) is 4.86. The van der Waals surface area contributed by atoms with E-state index in [4.69, 9.17) is 5.73 Å². The van der Waals surface area contributed by atoms with E-state index in [0.29, 0.717) is 5.82 Å². The summed E-state index contributed by atoms with van der Waals surface area (Å²) in [6.45, 7) is 0. The van der Waals surface area contributed by atoms with Crippen LogP contribution < -0.4 is 5.73 Å². The number of anilines is 1. The number of hydrogen-bond acceptors (Lipinski definition) is 2. The Hall–Kier alpha value is -1.51. The quantitative estimate of drug-likeness (QED) is 0.566. The van der Waals surface area contributed by atoms with Gasteiger partial charge in [0.25, 0.3) is 0 Å². The maximum atomic E-state index is 5.51. The van der Waals surface area contributed by atoms with Gasteiger partial charge in [-0.2, -0.15) is 0 Å². The summed E-state index contributed by atoms with van der Waals surface area (Å²) in [6.07, 6.45) is 3.50. The maximum Gasteiger partial charge on any atom is 0.101 e. The predicted octanol–water partition coefficient (Wildman–Crippen LogP) is 1.15. The van der Waals surface area contributed by atoms with Gasteiger partial charge in [-0.05, 0) is 12.1 Å². The summed E-state index contributed by atoms with van der Waals surface area (Å²) in [5, 5.41) is 1.10. The minimum Gasteiger partial charge on any atom is -0.385 e. The molecule has 0 amide bonds. The molecule has 3 heteroatoms. The molecule has 3 nitrogen and oxygen atoms in total. The Bertz CT molecular complexity index is 317. The number of nitrogens with one attached hydrogen (secondary N) is 1. The average molecular weight is 133 g/mol. The van der Waals surface area contributed by atoms with Crippen molar-refractivity contribution in [3.8, 4) is 0 Å². The highest BCUT2D eigenvalue weighted by Crippen LogP contribution is 2.13. The zero-order chi connectivity index (χ0) is 6.97. The SMILES string of the molecule is Nc1cc2ccncc2[nH]1. The molecule has 3 N–H and O–H groups in total. The monoisotopic (exact) mass is 133 g/mol. The van der Waals surface area contributed by atoms with Crippen LogP contribution in [0.5, 0.6) is 0 Å². The van der Waals surface area contributed by atoms with Crippen LogP contribution in [0.3, 0.4) is 0 Å². The molecule has 50 valence electrons. The predicted molar refractivity (Wildman–Crippen MR) is 40.5 cm³/mol. The highest BCUT2D eigenvalue weighted by atomic mass is 14.8. The molecule has 0 saturated carbocycles. The second-order valence-electron chi connectivity index (χ2n) is 2.19. The van der Waals surface area contributed by atoms with Crippen molar-refractivity contribution in [2.45, 2.75) is 0 Å². The first-order valence-corrected chi connectivity index (χ1v) is 3.04. The van der Waals surface area contributed by atoms with Crippen molar-refractivity contribution in [3.05, 3.63) is 24.5 Å². The Morgan fingerprint density at radius 3 is 3.20 bits per heavy atom. The number of pyridine rings is 1. The summed E-state index contributed by atoms with van der Waals surface area (Å²) in [5.74, 6) is 0.683. The van der Waals surface area contributed by atoms with Gasteiger partial charge >= 0.3 is 0 Å². The smallest absolute Gasteiger partial charge is 0.101 e. The van der Waals surface area contributed by atoms with E-state index in [1.807, 2.05) is 12.1 Å². The van der Waals surface area contributed by atoms with Gasteiger partial charge < -0.3 is 10.7 Å². The summed E-state index contributed by atoms with van der Waals surface area (Å²) in [4.78, 5) is 6.91. The zero-order valence-electron chi connectivity index (χ0n) is 5.33. The van der Waals surface area contributed by atoms with Gasteiger partial charge in [0, 0.05) is 11.6 Å². The second-order valence-corrected chi connectivity index (χ2v) is 2.19. The van der Waals surface area contributed by atoms with Crippen molar-refractivity contribution in [3.63, 3.8) is 0 Å². The van der Waals surface area contributed by atoms with Gasteiger partial charge in [0.05, 0.1) is 11.7 Å². The lowest BCUT2D eigenvalue weighted by Crippen LogP contribution is -1.80. The van der Waals surface area contributed by atoms with Crippen LogP contribution in [0.4, 0.5) is 5.82 Å². The van der Waals surface area contributed by atoms with Crippen LogP contribution in [-0.2, 0) is 0 Å². The van der Waals surface area contributed by atoms with Gasteiger partial charge in [-0.15, -0.1) is 0 Å². The normalized spacial score (nSPS) is 10.4. The van der Waals surface area contributed by atoms with Crippen molar-refractivity contribution < 1.29 is 0 Å². The maximum absolute atomic E-state index is 5.51. The van der Waals surface area contributed by atoms with Crippen LogP contribution in [-0.4, -0.2) is 9.97 Å². The molecule has 0 fully saturated rings. The molecule has 2 aromatic rings. The molecule has 2 rings (SSSR count). The second kappa shape index (κ2) is 1.73. The summed E-state index contributed by atoms with van der Waals surface area (Å²) in [5.41, 5.74) is 6.49. The molecule has 10 heavy (non-hydrogen) atoms. The number of aromatic nitrogens is 2. The summed E-state index contributed by atoms with van der Waals surface area (Å²) in [7, 11) is 0. The van der Waals surface area contributed by atoms with Gasteiger partial charge in [0.1, 0.15) is 5.82 Å². The van der Waals surface area contributed by atoms with E-state index in [1.54, 1.807) is 12.4 Å². The molecule has 0 atom stereocenters. The van der Waals surface area contributed by atoms with Crippen molar-refractivity contribution in [1.29, 1.82) is 0 Å². The molecule has 0 spiro atoms. The lowest BCUT2D eigenvalue weighted by molar-refractivity contribution is 1.34. The fourth-order valence-corrected chi connectivity index (χ4v) is 0.995. The molecule has 2 aromatic heterocycles. The van der Waals surface area contributed by atoms with E-state index < -0.39 is 0 Å².